The average Bonchev–Trinajstić information content (AvgIpc) is 3.98. The third-order valence-corrected chi connectivity index (χ3v) is 14.6. The van der Waals surface area contributed by atoms with Gasteiger partial charge in [-0.3, -0.25) is 14.4 Å². The molecule has 1 aliphatic carbocycles. The van der Waals surface area contributed by atoms with Gasteiger partial charge in [-0.2, -0.15) is 5.70 Å². The predicted molar refractivity (Wildman–Crippen MR) is 266 cm³/mol. The van der Waals surface area contributed by atoms with Crippen molar-refractivity contribution in [2.75, 3.05) is 13.7 Å². The van der Waals surface area contributed by atoms with Crippen LogP contribution in [0.2, 0.25) is 0 Å². The standard InChI is InChI=1S/C55H75N4O6.Mg/c1-13-38-35(8)41-28-43-37(10)40(24-25-47(60)65-27-26-34(7)23-17-22-33(6)21-16-20-32(5)19-15-18-31(3)4)51(58-43)48-49(54(62)64-12)53(61)50-52(48)59-46(55(50,11)63)30-45-39(14-2)36(9)42(57-45)29-44(38)56-41;/h13,26,28-33,37,40,43,49,63H,1,14-25,27H2,2-12H3,(H-,58,59,61);/q-3;+2/p-1/b34-26+,41-28-,44-29-,46-30-;/t32-,33-,37+,40+,43?,49-,55-;/m1./s1. The summed E-state index contributed by atoms with van der Waals surface area (Å²) in [6, 6.07) is -0.422. The van der Waals surface area contributed by atoms with Gasteiger partial charge in [0.1, 0.15) is 12.5 Å². The van der Waals surface area contributed by atoms with E-state index in [0.717, 1.165) is 63.3 Å². The molecule has 6 rings (SSSR count). The minimum absolute atomic E-state index is 0. The van der Waals surface area contributed by atoms with Gasteiger partial charge in [-0.05, 0) is 94.6 Å². The summed E-state index contributed by atoms with van der Waals surface area (Å²) in [4.78, 5) is 51.6. The van der Waals surface area contributed by atoms with Gasteiger partial charge in [0, 0.05) is 12.0 Å². The molecule has 1 saturated heterocycles. The molecule has 354 valence electrons. The Labute approximate surface area is 410 Å². The van der Waals surface area contributed by atoms with Crippen LogP contribution in [-0.2, 0) is 30.3 Å². The Bertz CT molecular complexity index is 2390. The maximum absolute atomic E-state index is 14.4. The summed E-state index contributed by atoms with van der Waals surface area (Å²) in [5.41, 5.74) is 5.95. The number of nitrogens with zero attached hydrogens (tertiary/aromatic N) is 4. The van der Waals surface area contributed by atoms with Gasteiger partial charge >= 0.3 is 35.0 Å². The number of allylic oxidation sites excluding steroid dienone is 3. The van der Waals surface area contributed by atoms with E-state index in [1.807, 2.05) is 38.2 Å². The van der Waals surface area contributed by atoms with E-state index in [2.05, 4.69) is 55.0 Å². The van der Waals surface area contributed by atoms with Crippen LogP contribution in [0, 0.1) is 49.4 Å². The SMILES string of the molecule is C=Cc1c(C)/c2[n-]/c1=C\c1[n-]c(c(CC)c1C)/C=C1\[N-]C3=C(C(=O)[C@H](C(=O)OC)/C3=C3/[N-]C(\C=2)[C@@H](C)[C@@H]3CCC(=O)OC/C=C(\C)CCC[C@H](C)CCC[C@H](C)CCCC(C)C)[C@]1(C)O.[Mg+2]. The topological polar surface area (TPSA) is 146 Å². The Kier molecular flexibility index (Phi) is 18.3. The molecule has 0 saturated carbocycles. The van der Waals surface area contributed by atoms with Crippen molar-refractivity contribution in [2.45, 2.75) is 158 Å². The molecule has 0 amide bonds. The van der Waals surface area contributed by atoms with Crippen LogP contribution in [0.4, 0.5) is 0 Å². The van der Waals surface area contributed by atoms with E-state index in [9.17, 15) is 19.5 Å². The quantitative estimate of drug-likeness (QED) is 0.0598. The minimum atomic E-state index is -1.82. The second-order valence-electron chi connectivity index (χ2n) is 20.0. The largest absolute Gasteiger partial charge is 2.00 e. The number of hydrogen-bond acceptors (Lipinski definition) is 6. The third kappa shape index (κ3) is 11.4. The van der Waals surface area contributed by atoms with E-state index in [0.29, 0.717) is 35.7 Å². The van der Waals surface area contributed by atoms with Gasteiger partial charge in [0.15, 0.2) is 5.78 Å². The van der Waals surface area contributed by atoms with Crippen LogP contribution in [0.5, 0.6) is 0 Å². The smallest absolute Gasteiger partial charge is 0.681 e. The maximum Gasteiger partial charge on any atom is 2.00 e. The van der Waals surface area contributed by atoms with Crippen LogP contribution < -0.4 is 20.7 Å². The molecule has 2 aromatic rings. The van der Waals surface area contributed by atoms with Crippen molar-refractivity contribution < 1.29 is 29.0 Å². The maximum atomic E-state index is 14.4. The van der Waals surface area contributed by atoms with Gasteiger partial charge in [-0.25, -0.2) is 0 Å². The number of methoxy groups -OCH3 is 1. The molecule has 10 nitrogen and oxygen atoms in total. The Morgan fingerprint density at radius 3 is 2.24 bits per heavy atom. The molecule has 1 unspecified atom stereocenters. The van der Waals surface area contributed by atoms with E-state index >= 15 is 0 Å². The van der Waals surface area contributed by atoms with Crippen molar-refractivity contribution >= 4 is 65.1 Å². The van der Waals surface area contributed by atoms with E-state index < -0.39 is 29.3 Å². The number of ketones is 1. The van der Waals surface area contributed by atoms with Gasteiger partial charge in [0.2, 0.25) is 0 Å². The van der Waals surface area contributed by atoms with Crippen molar-refractivity contribution in [2.24, 2.45) is 35.5 Å². The number of esters is 2. The third-order valence-electron chi connectivity index (χ3n) is 14.6. The van der Waals surface area contributed by atoms with E-state index in [1.165, 1.54) is 64.6 Å². The Hall–Kier alpha value is -4.06. The van der Waals surface area contributed by atoms with Gasteiger partial charge in [-0.1, -0.05) is 145 Å². The summed E-state index contributed by atoms with van der Waals surface area (Å²) in [6.45, 7) is 25.5. The number of fused-ring (bicyclic) bond motifs is 7. The number of carbonyl (C=O) groups excluding carboxylic acids is 3. The Morgan fingerprint density at radius 2 is 1.61 bits per heavy atom. The average molecular weight is 912 g/mol. The van der Waals surface area contributed by atoms with Crippen LogP contribution in [0.25, 0.3) is 34.9 Å². The molecule has 0 radical (unpaired) electrons. The van der Waals surface area contributed by atoms with Crippen molar-refractivity contribution in [3.8, 4) is 0 Å². The van der Waals surface area contributed by atoms with Gasteiger partial charge < -0.3 is 35.2 Å². The number of rotatable bonds is 20. The van der Waals surface area contributed by atoms with Crippen LogP contribution in [0.15, 0.2) is 46.5 Å². The molecule has 7 atom stereocenters. The monoisotopic (exact) mass is 911 g/mol. The fourth-order valence-corrected chi connectivity index (χ4v) is 10.4. The molecule has 4 aliphatic rings. The summed E-state index contributed by atoms with van der Waals surface area (Å²) in [7, 11) is 1.25. The number of ether oxygens (including phenoxy) is 2. The van der Waals surface area contributed by atoms with Crippen LogP contribution >= 0.6 is 0 Å². The molecular formula is C55H74MgN4O6-2. The molecular weight excluding hydrogens is 837 g/mol. The van der Waals surface area contributed by atoms with Gasteiger partial charge in [0.05, 0.1) is 12.7 Å². The van der Waals surface area contributed by atoms with E-state index in [4.69, 9.17) is 30.1 Å². The first-order valence-corrected chi connectivity index (χ1v) is 24.4. The second-order valence-corrected chi connectivity index (χ2v) is 20.0. The molecule has 0 aromatic carbocycles. The van der Waals surface area contributed by atoms with Crippen LogP contribution in [0.3, 0.4) is 0 Å². The summed E-state index contributed by atoms with van der Waals surface area (Å²) < 4.78 is 11.0. The first-order chi connectivity index (χ1) is 30.9. The number of carbonyl (C=O) groups is 3. The number of aliphatic hydroxyl groups is 1. The van der Waals surface area contributed by atoms with Crippen LogP contribution in [-0.4, -0.2) is 71.2 Å². The van der Waals surface area contributed by atoms with E-state index in [-0.39, 0.29) is 70.9 Å². The number of aromatic nitrogens is 2. The fourth-order valence-electron chi connectivity index (χ4n) is 10.4. The van der Waals surface area contributed by atoms with Crippen molar-refractivity contribution in [1.29, 1.82) is 0 Å². The second kappa shape index (κ2) is 22.8. The molecule has 0 spiro atoms. The molecule has 2 aromatic heterocycles. The summed E-state index contributed by atoms with van der Waals surface area (Å²) in [5.74, 6) is -1.25. The molecule has 11 heteroatoms. The van der Waals surface area contributed by atoms with Gasteiger partial charge in [-0.15, -0.1) is 39.6 Å². The normalized spacial score (nSPS) is 26.0. The van der Waals surface area contributed by atoms with Crippen molar-refractivity contribution in [3.63, 3.8) is 0 Å². The summed E-state index contributed by atoms with van der Waals surface area (Å²) >= 11 is 0. The van der Waals surface area contributed by atoms with Crippen molar-refractivity contribution in [3.05, 3.63) is 101 Å². The van der Waals surface area contributed by atoms with E-state index in [1.54, 1.807) is 6.08 Å². The zero-order valence-corrected chi connectivity index (χ0v) is 43.2. The Balaban J connectivity index is 0.00000817. The molecule has 3 aliphatic heterocycles. The number of hydrogen-bond donors (Lipinski definition) is 1. The molecule has 5 heterocycles. The zero-order valence-electron chi connectivity index (χ0n) is 41.8. The predicted octanol–water partition coefficient (Wildman–Crippen LogP) is 9.74. The fraction of sp³-hybridized carbons (Fsp3) is 0.582. The summed E-state index contributed by atoms with van der Waals surface area (Å²) in [6.07, 6.45) is 21.9. The summed E-state index contributed by atoms with van der Waals surface area (Å²) in [5, 5.41) is 23.9. The first kappa shape index (κ1) is 52.9. The van der Waals surface area contributed by atoms with Crippen molar-refractivity contribution in [1.82, 2.24) is 9.97 Å². The number of Topliss-reactive ketones (excluding diaryl/α,β-unsaturated/α-hetero) is 1. The Morgan fingerprint density at radius 1 is 0.939 bits per heavy atom. The molecule has 1 fully saturated rings. The zero-order chi connectivity index (χ0) is 47.3. The molecule has 8 bridgehead atoms. The molecule has 1 N–H and O–H groups in total. The van der Waals surface area contributed by atoms with Gasteiger partial charge in [0.25, 0.3) is 0 Å². The first-order valence-electron chi connectivity index (χ1n) is 24.4. The molecule has 66 heavy (non-hydrogen) atoms. The van der Waals surface area contributed by atoms with Crippen LogP contribution in [0.1, 0.15) is 160 Å². The minimum Gasteiger partial charge on any atom is -0.681 e.